The Hall–Kier alpha value is -1.13. The average molecular weight is 306 g/mol. The van der Waals surface area contributed by atoms with Gasteiger partial charge in [-0.1, -0.05) is 28.1 Å². The van der Waals surface area contributed by atoms with E-state index in [9.17, 15) is 0 Å². The van der Waals surface area contributed by atoms with Crippen molar-refractivity contribution in [2.75, 3.05) is 0 Å². The molecule has 1 fully saturated rings. The number of benzene rings is 1. The van der Waals surface area contributed by atoms with Gasteiger partial charge in [-0.3, -0.25) is 4.68 Å². The molecule has 0 spiro atoms. The summed E-state index contributed by atoms with van der Waals surface area (Å²) in [4.78, 5) is 0. The first-order chi connectivity index (χ1) is 8.72. The van der Waals surface area contributed by atoms with Gasteiger partial charge in [-0.2, -0.15) is 5.10 Å². The normalized spacial score (nSPS) is 23.4. The van der Waals surface area contributed by atoms with Crippen molar-refractivity contribution in [3.63, 3.8) is 0 Å². The molecular weight excluding hydrogens is 290 g/mol. The SMILES string of the molecule is NC1CCC(n2cc(-c3ccc(Br)cc3)cn2)C1. The maximum absolute atomic E-state index is 5.95. The minimum absolute atomic E-state index is 0.343. The zero-order valence-electron chi connectivity index (χ0n) is 10.1. The van der Waals surface area contributed by atoms with Gasteiger partial charge in [-0.15, -0.1) is 0 Å². The van der Waals surface area contributed by atoms with Crippen molar-refractivity contribution in [1.82, 2.24) is 9.78 Å². The van der Waals surface area contributed by atoms with Gasteiger partial charge in [-0.05, 0) is 37.0 Å². The summed E-state index contributed by atoms with van der Waals surface area (Å²) in [5, 5.41) is 4.48. The Kier molecular flexibility index (Phi) is 3.22. The van der Waals surface area contributed by atoms with Crippen LogP contribution in [0.4, 0.5) is 0 Å². The van der Waals surface area contributed by atoms with Gasteiger partial charge in [0.1, 0.15) is 0 Å². The van der Waals surface area contributed by atoms with Gasteiger partial charge >= 0.3 is 0 Å². The lowest BCUT2D eigenvalue weighted by Crippen LogP contribution is -2.16. The molecule has 1 aromatic heterocycles. The Bertz CT molecular complexity index is 532. The maximum atomic E-state index is 5.95. The molecule has 2 unspecified atom stereocenters. The van der Waals surface area contributed by atoms with Crippen LogP contribution in [0.15, 0.2) is 41.1 Å². The molecule has 18 heavy (non-hydrogen) atoms. The second kappa shape index (κ2) is 4.86. The van der Waals surface area contributed by atoms with Crippen LogP contribution < -0.4 is 5.73 Å². The van der Waals surface area contributed by atoms with Crippen molar-refractivity contribution in [2.24, 2.45) is 5.73 Å². The molecule has 2 N–H and O–H groups in total. The molecule has 2 atom stereocenters. The molecular formula is C14H16BrN3. The average Bonchev–Trinajstić information content (AvgIpc) is 2.98. The molecule has 1 heterocycles. The quantitative estimate of drug-likeness (QED) is 0.924. The molecule has 4 heteroatoms. The smallest absolute Gasteiger partial charge is 0.0568 e. The predicted molar refractivity (Wildman–Crippen MR) is 76.2 cm³/mol. The zero-order chi connectivity index (χ0) is 12.5. The Morgan fingerprint density at radius 1 is 1.17 bits per heavy atom. The molecule has 1 aliphatic rings. The van der Waals surface area contributed by atoms with Crippen molar-refractivity contribution < 1.29 is 0 Å². The molecule has 0 aliphatic heterocycles. The van der Waals surface area contributed by atoms with Crippen LogP contribution in [0.1, 0.15) is 25.3 Å². The molecule has 0 bridgehead atoms. The van der Waals surface area contributed by atoms with Gasteiger partial charge < -0.3 is 5.73 Å². The van der Waals surface area contributed by atoms with Crippen LogP contribution in [-0.2, 0) is 0 Å². The second-order valence-electron chi connectivity index (χ2n) is 4.94. The topological polar surface area (TPSA) is 43.8 Å². The van der Waals surface area contributed by atoms with Gasteiger partial charge in [0.25, 0.3) is 0 Å². The second-order valence-corrected chi connectivity index (χ2v) is 5.86. The van der Waals surface area contributed by atoms with Crippen molar-refractivity contribution in [1.29, 1.82) is 0 Å². The number of hydrogen-bond acceptors (Lipinski definition) is 2. The first kappa shape index (κ1) is 11.9. The van der Waals surface area contributed by atoms with Crippen molar-refractivity contribution in [3.8, 4) is 11.1 Å². The summed E-state index contributed by atoms with van der Waals surface area (Å²) < 4.78 is 3.17. The summed E-state index contributed by atoms with van der Waals surface area (Å²) in [5.41, 5.74) is 8.32. The first-order valence-electron chi connectivity index (χ1n) is 6.28. The fraction of sp³-hybridized carbons (Fsp3) is 0.357. The Balaban J connectivity index is 1.83. The van der Waals surface area contributed by atoms with E-state index < -0.39 is 0 Å². The van der Waals surface area contributed by atoms with E-state index >= 15 is 0 Å². The molecule has 2 aromatic rings. The molecule has 0 radical (unpaired) electrons. The highest BCUT2D eigenvalue weighted by Crippen LogP contribution is 2.30. The fourth-order valence-corrected chi connectivity index (χ4v) is 2.83. The number of rotatable bonds is 2. The van der Waals surface area contributed by atoms with E-state index in [-0.39, 0.29) is 0 Å². The molecule has 94 valence electrons. The van der Waals surface area contributed by atoms with Crippen LogP contribution in [-0.4, -0.2) is 15.8 Å². The van der Waals surface area contributed by atoms with E-state index in [1.165, 1.54) is 11.1 Å². The number of halogens is 1. The fourth-order valence-electron chi connectivity index (χ4n) is 2.56. The summed E-state index contributed by atoms with van der Waals surface area (Å²) in [6.45, 7) is 0. The zero-order valence-corrected chi connectivity index (χ0v) is 11.7. The number of hydrogen-bond donors (Lipinski definition) is 1. The van der Waals surface area contributed by atoms with Crippen LogP contribution in [0.25, 0.3) is 11.1 Å². The number of nitrogens with zero attached hydrogens (tertiary/aromatic N) is 2. The lowest BCUT2D eigenvalue weighted by Gasteiger charge is -2.09. The largest absolute Gasteiger partial charge is 0.328 e. The van der Waals surface area contributed by atoms with E-state index in [4.69, 9.17) is 5.73 Å². The Morgan fingerprint density at radius 2 is 1.94 bits per heavy atom. The minimum atomic E-state index is 0.343. The Morgan fingerprint density at radius 3 is 2.61 bits per heavy atom. The molecule has 1 aromatic carbocycles. The summed E-state index contributed by atoms with van der Waals surface area (Å²) in [5.74, 6) is 0. The molecule has 3 nitrogen and oxygen atoms in total. The van der Waals surface area contributed by atoms with Gasteiger partial charge in [0.15, 0.2) is 0 Å². The van der Waals surface area contributed by atoms with E-state index in [1.807, 2.05) is 6.20 Å². The van der Waals surface area contributed by atoms with Gasteiger partial charge in [-0.25, -0.2) is 0 Å². The standard InChI is InChI=1S/C14H16BrN3/c15-12-3-1-10(2-4-12)11-8-17-18(9-11)14-6-5-13(16)7-14/h1-4,8-9,13-14H,5-7,16H2. The van der Waals surface area contributed by atoms with E-state index in [2.05, 4.69) is 56.2 Å². The number of nitrogens with two attached hydrogens (primary N) is 1. The third-order valence-corrected chi connectivity index (χ3v) is 4.13. The maximum Gasteiger partial charge on any atom is 0.0568 e. The summed E-state index contributed by atoms with van der Waals surface area (Å²) in [7, 11) is 0. The van der Waals surface area contributed by atoms with Crippen molar-refractivity contribution in [3.05, 3.63) is 41.1 Å². The lowest BCUT2D eigenvalue weighted by atomic mass is 10.1. The minimum Gasteiger partial charge on any atom is -0.328 e. The lowest BCUT2D eigenvalue weighted by molar-refractivity contribution is 0.461. The van der Waals surface area contributed by atoms with Crippen LogP contribution >= 0.6 is 15.9 Å². The molecule has 1 saturated carbocycles. The Labute approximate surface area is 115 Å². The molecule has 0 saturated heterocycles. The molecule has 1 aliphatic carbocycles. The summed E-state index contributed by atoms with van der Waals surface area (Å²) >= 11 is 3.45. The van der Waals surface area contributed by atoms with Gasteiger partial charge in [0, 0.05) is 22.3 Å². The summed E-state index contributed by atoms with van der Waals surface area (Å²) in [6.07, 6.45) is 7.36. The van der Waals surface area contributed by atoms with E-state index in [0.29, 0.717) is 12.1 Å². The third kappa shape index (κ3) is 2.35. The third-order valence-electron chi connectivity index (χ3n) is 3.60. The van der Waals surface area contributed by atoms with Crippen LogP contribution in [0.5, 0.6) is 0 Å². The summed E-state index contributed by atoms with van der Waals surface area (Å²) in [6, 6.07) is 9.13. The van der Waals surface area contributed by atoms with Crippen LogP contribution in [0.2, 0.25) is 0 Å². The van der Waals surface area contributed by atoms with Gasteiger partial charge in [0.05, 0.1) is 12.2 Å². The molecule has 0 amide bonds. The van der Waals surface area contributed by atoms with Crippen LogP contribution in [0.3, 0.4) is 0 Å². The van der Waals surface area contributed by atoms with Crippen molar-refractivity contribution in [2.45, 2.75) is 31.3 Å². The van der Waals surface area contributed by atoms with Gasteiger partial charge in [0.2, 0.25) is 0 Å². The monoisotopic (exact) mass is 305 g/mol. The van der Waals surface area contributed by atoms with Crippen LogP contribution in [0, 0.1) is 0 Å². The van der Waals surface area contributed by atoms with E-state index in [0.717, 1.165) is 23.7 Å². The highest BCUT2D eigenvalue weighted by molar-refractivity contribution is 9.10. The first-order valence-corrected chi connectivity index (χ1v) is 7.07. The van der Waals surface area contributed by atoms with E-state index in [1.54, 1.807) is 0 Å². The predicted octanol–water partition coefficient (Wildman–Crippen LogP) is 3.36. The highest BCUT2D eigenvalue weighted by atomic mass is 79.9. The number of aromatic nitrogens is 2. The highest BCUT2D eigenvalue weighted by Gasteiger charge is 2.23. The van der Waals surface area contributed by atoms with Crippen molar-refractivity contribution >= 4 is 15.9 Å². The molecule has 3 rings (SSSR count).